The van der Waals surface area contributed by atoms with Gasteiger partial charge in [0.2, 0.25) is 5.82 Å². The molecule has 0 spiro atoms. The van der Waals surface area contributed by atoms with Gasteiger partial charge in [0.15, 0.2) is 34.8 Å². The molecule has 0 aliphatic heterocycles. The van der Waals surface area contributed by atoms with Crippen LogP contribution in [-0.2, 0) is 0 Å². The Labute approximate surface area is 253 Å². The Kier molecular flexibility index (Phi) is 9.88. The van der Waals surface area contributed by atoms with E-state index >= 15 is 4.39 Å². The molecule has 44 heavy (non-hydrogen) atoms. The molecule has 0 radical (unpaired) electrons. The zero-order valence-electron chi connectivity index (χ0n) is 24.6. The lowest BCUT2D eigenvalue weighted by Gasteiger charge is -2.27. The minimum atomic E-state index is -1.52. The molecule has 0 bridgehead atoms. The fourth-order valence-corrected chi connectivity index (χ4v) is 6.51. The maximum absolute atomic E-state index is 15.1. The third-order valence-corrected chi connectivity index (χ3v) is 9.18. The van der Waals surface area contributed by atoms with Crippen LogP contribution in [0.5, 0.6) is 5.75 Å². The first-order valence-electron chi connectivity index (χ1n) is 15.3. The van der Waals surface area contributed by atoms with Crippen LogP contribution in [0.2, 0.25) is 0 Å². The molecule has 0 heterocycles. The van der Waals surface area contributed by atoms with Crippen LogP contribution in [0.4, 0.5) is 26.3 Å². The van der Waals surface area contributed by atoms with E-state index in [1.165, 1.54) is 18.2 Å². The van der Waals surface area contributed by atoms with Crippen LogP contribution < -0.4 is 0 Å². The van der Waals surface area contributed by atoms with Crippen molar-refractivity contribution in [1.29, 1.82) is 0 Å². The predicted molar refractivity (Wildman–Crippen MR) is 159 cm³/mol. The highest BCUT2D eigenvalue weighted by atomic mass is 19.2. The van der Waals surface area contributed by atoms with Crippen LogP contribution in [0, 0.1) is 46.7 Å². The lowest BCUT2D eigenvalue weighted by Crippen LogP contribution is -2.12. The van der Waals surface area contributed by atoms with Crippen molar-refractivity contribution in [2.75, 3.05) is 0 Å². The molecule has 0 amide bonds. The average Bonchev–Trinajstić information content (AvgIpc) is 3.03. The lowest BCUT2D eigenvalue weighted by molar-refractivity contribution is 0.160. The molecule has 8 heteroatoms. The molecule has 0 aromatic heterocycles. The normalized spacial score (nSPS) is 19.5. The molecule has 2 aliphatic rings. The first-order chi connectivity index (χ1) is 21.1. The first kappa shape index (κ1) is 31.9. The fraction of sp³-hybridized carbons (Fsp3) is 0.389. The highest BCUT2D eigenvalue weighted by Crippen LogP contribution is 2.40. The number of phenolic OH excluding ortho intramolecular Hbond substituents is 1. The summed E-state index contributed by atoms with van der Waals surface area (Å²) in [6.45, 7) is 1.87. The molecule has 0 saturated carbocycles. The number of allylic oxidation sites excluding steroid dienone is 4. The van der Waals surface area contributed by atoms with Gasteiger partial charge >= 0.3 is 0 Å². The van der Waals surface area contributed by atoms with Gasteiger partial charge in [-0.15, -0.1) is 0 Å². The van der Waals surface area contributed by atoms with Crippen molar-refractivity contribution in [1.82, 2.24) is 0 Å². The molecule has 234 valence electrons. The number of aromatic hydroxyl groups is 1. The summed E-state index contributed by atoms with van der Waals surface area (Å²) in [6.07, 6.45) is 10.2. The van der Waals surface area contributed by atoms with E-state index < -0.39 is 57.9 Å². The quantitative estimate of drug-likeness (QED) is 0.236. The molecule has 5 rings (SSSR count). The second kappa shape index (κ2) is 13.6. The van der Waals surface area contributed by atoms with Gasteiger partial charge in [-0.05, 0) is 92.9 Å². The second-order valence-corrected chi connectivity index (χ2v) is 12.0. The van der Waals surface area contributed by atoms with Gasteiger partial charge in [0.05, 0.1) is 6.10 Å². The van der Waals surface area contributed by atoms with Gasteiger partial charge < -0.3 is 10.2 Å². The van der Waals surface area contributed by atoms with Crippen LogP contribution >= 0.6 is 0 Å². The lowest BCUT2D eigenvalue weighted by atomic mass is 9.79. The van der Waals surface area contributed by atoms with Crippen molar-refractivity contribution in [3.05, 3.63) is 100 Å². The predicted octanol–water partition coefficient (Wildman–Crippen LogP) is 10.6. The number of halogens is 6. The summed E-state index contributed by atoms with van der Waals surface area (Å²) in [6, 6.07) is 7.56. The van der Waals surface area contributed by atoms with Crippen molar-refractivity contribution < 1.29 is 36.6 Å². The molecule has 3 unspecified atom stereocenters. The number of benzene rings is 3. The number of rotatable bonds is 9. The SMILES string of the molecule is CCCC(O)c1ccc(C2=CCC(CCC3CC=C(c4ccc(-c5ccc(O)c(F)c5F)c(F)c4F)CC3)CC2)c(F)c1F. The summed E-state index contributed by atoms with van der Waals surface area (Å²) in [5.41, 5.74) is 0.937. The van der Waals surface area contributed by atoms with E-state index in [4.69, 9.17) is 0 Å². The van der Waals surface area contributed by atoms with Crippen molar-refractivity contribution in [2.24, 2.45) is 11.8 Å². The standard InChI is InChI=1S/C36H36F6O2/c1-2-3-29(43)28-17-15-25(32(38)35(28)41)23-12-8-21(9-13-23)5-4-20-6-10-22(11-7-20)24-14-16-26(33(39)31(24)37)27-18-19-30(44)36(42)34(27)40/h10,12,14-21,29,43-44H,2-9,11,13H2,1H3. The molecule has 3 aromatic carbocycles. The van der Waals surface area contributed by atoms with Gasteiger partial charge in [0.25, 0.3) is 0 Å². The molecule has 2 aliphatic carbocycles. The molecular formula is C36H36F6O2. The highest BCUT2D eigenvalue weighted by Gasteiger charge is 2.26. The van der Waals surface area contributed by atoms with Gasteiger partial charge in [-0.1, -0.05) is 49.8 Å². The average molecular weight is 615 g/mol. The zero-order valence-corrected chi connectivity index (χ0v) is 24.6. The third-order valence-electron chi connectivity index (χ3n) is 9.18. The van der Waals surface area contributed by atoms with E-state index in [2.05, 4.69) is 0 Å². The van der Waals surface area contributed by atoms with Gasteiger partial charge in [-0.2, -0.15) is 4.39 Å². The van der Waals surface area contributed by atoms with Crippen LogP contribution in [0.25, 0.3) is 22.3 Å². The number of hydrogen-bond donors (Lipinski definition) is 2. The van der Waals surface area contributed by atoms with Crippen LogP contribution in [0.3, 0.4) is 0 Å². The summed E-state index contributed by atoms with van der Waals surface area (Å²) in [7, 11) is 0. The zero-order chi connectivity index (χ0) is 31.5. The summed E-state index contributed by atoms with van der Waals surface area (Å²) < 4.78 is 87.6. The van der Waals surface area contributed by atoms with E-state index in [9.17, 15) is 32.2 Å². The van der Waals surface area contributed by atoms with Gasteiger partial charge in [-0.25, -0.2) is 22.0 Å². The summed E-state index contributed by atoms with van der Waals surface area (Å²) in [4.78, 5) is 0. The van der Waals surface area contributed by atoms with Gasteiger partial charge in [0, 0.05) is 27.8 Å². The van der Waals surface area contributed by atoms with E-state index in [-0.39, 0.29) is 16.7 Å². The monoisotopic (exact) mass is 614 g/mol. The number of aliphatic hydroxyl groups excluding tert-OH is 1. The largest absolute Gasteiger partial charge is 0.505 e. The van der Waals surface area contributed by atoms with Gasteiger partial charge in [-0.3, -0.25) is 0 Å². The third kappa shape index (κ3) is 6.46. The van der Waals surface area contributed by atoms with Crippen molar-refractivity contribution in [3.8, 4) is 16.9 Å². The Hall–Kier alpha value is -3.52. The maximum atomic E-state index is 15.1. The molecule has 0 fully saturated rings. The van der Waals surface area contributed by atoms with Crippen molar-refractivity contribution in [2.45, 2.75) is 77.2 Å². The van der Waals surface area contributed by atoms with Crippen molar-refractivity contribution in [3.63, 3.8) is 0 Å². The Morgan fingerprint density at radius 2 is 1.09 bits per heavy atom. The van der Waals surface area contributed by atoms with Crippen LogP contribution in [0.15, 0.2) is 48.6 Å². The van der Waals surface area contributed by atoms with E-state index in [0.717, 1.165) is 49.8 Å². The Bertz CT molecular complexity index is 1590. The van der Waals surface area contributed by atoms with E-state index in [0.29, 0.717) is 49.5 Å². The molecule has 2 nitrogen and oxygen atoms in total. The van der Waals surface area contributed by atoms with Crippen LogP contribution in [0.1, 0.15) is 93.9 Å². The Morgan fingerprint density at radius 1 is 0.636 bits per heavy atom. The molecule has 3 atom stereocenters. The maximum Gasteiger partial charge on any atom is 0.200 e. The highest BCUT2D eigenvalue weighted by molar-refractivity contribution is 5.73. The van der Waals surface area contributed by atoms with Gasteiger partial charge in [0.1, 0.15) is 0 Å². The Balaban J connectivity index is 1.17. The first-order valence-corrected chi connectivity index (χ1v) is 15.3. The summed E-state index contributed by atoms with van der Waals surface area (Å²) >= 11 is 0. The molecule has 0 saturated heterocycles. The van der Waals surface area contributed by atoms with Crippen molar-refractivity contribution >= 4 is 11.1 Å². The second-order valence-electron chi connectivity index (χ2n) is 12.0. The summed E-state index contributed by atoms with van der Waals surface area (Å²) in [5.74, 6) is -7.33. The minimum absolute atomic E-state index is 0.00174. The molecule has 2 N–H and O–H groups in total. The topological polar surface area (TPSA) is 40.5 Å². The summed E-state index contributed by atoms with van der Waals surface area (Å²) in [5, 5.41) is 19.4. The Morgan fingerprint density at radius 3 is 1.61 bits per heavy atom. The van der Waals surface area contributed by atoms with Crippen LogP contribution in [-0.4, -0.2) is 10.2 Å². The van der Waals surface area contributed by atoms with E-state index in [1.54, 1.807) is 6.07 Å². The molecular weight excluding hydrogens is 578 g/mol. The van der Waals surface area contributed by atoms with E-state index in [1.807, 2.05) is 19.1 Å². The number of aliphatic hydroxyl groups is 1. The molecule has 3 aromatic rings. The number of phenols is 1. The number of hydrogen-bond acceptors (Lipinski definition) is 2. The minimum Gasteiger partial charge on any atom is -0.505 e. The smallest absolute Gasteiger partial charge is 0.200 e. The fourth-order valence-electron chi connectivity index (χ4n) is 6.51.